The summed E-state index contributed by atoms with van der Waals surface area (Å²) in [6.07, 6.45) is 0. The molecule has 0 atom stereocenters. The molecule has 0 N–H and O–H groups in total. The maximum atomic E-state index is 5.44. The van der Waals surface area contributed by atoms with Crippen LogP contribution in [0.4, 0.5) is 5.69 Å². The SMILES string of the molecule is CON(C)C(=Nc1c(C(C)C)cccc1C(C)C)c1ccccc1.[Br][Ni][Br]. The van der Waals surface area contributed by atoms with Gasteiger partial charge in [-0.15, -0.1) is 0 Å². The first-order valence-corrected chi connectivity index (χ1v) is 13.6. The summed E-state index contributed by atoms with van der Waals surface area (Å²) in [5, 5.41) is 1.72. The summed E-state index contributed by atoms with van der Waals surface area (Å²) >= 11 is 6.00. The third-order valence-corrected chi connectivity index (χ3v) is 4.16. The summed E-state index contributed by atoms with van der Waals surface area (Å²) in [5.41, 5.74) is 4.62. The van der Waals surface area contributed by atoms with Gasteiger partial charge >= 0.3 is 39.3 Å². The molecule has 0 aromatic heterocycles. The normalized spacial score (nSPS) is 11.6. The molecule has 0 radical (unpaired) electrons. The van der Waals surface area contributed by atoms with Crippen LogP contribution in [0.3, 0.4) is 0 Å². The summed E-state index contributed by atoms with van der Waals surface area (Å²) in [7, 11) is 4.80. The number of hydrogen-bond acceptors (Lipinski definition) is 2. The van der Waals surface area contributed by atoms with Crippen molar-refractivity contribution in [1.82, 2.24) is 5.06 Å². The van der Waals surface area contributed by atoms with Gasteiger partial charge in [-0.2, -0.15) is 0 Å². The van der Waals surface area contributed by atoms with Crippen LogP contribution in [-0.4, -0.2) is 25.1 Å². The Morgan fingerprint density at radius 2 is 1.41 bits per heavy atom. The maximum absolute atomic E-state index is 5.44. The van der Waals surface area contributed by atoms with E-state index in [-0.39, 0.29) is 0 Å². The molecule has 0 heterocycles. The van der Waals surface area contributed by atoms with Gasteiger partial charge in [-0.1, -0.05) is 76.2 Å². The fraction of sp³-hybridized carbons (Fsp3) is 0.381. The molecular weight excluding hydrogens is 515 g/mol. The van der Waals surface area contributed by atoms with Crippen molar-refractivity contribution in [3.8, 4) is 0 Å². The van der Waals surface area contributed by atoms with Crippen molar-refractivity contribution < 1.29 is 15.7 Å². The molecule has 3 nitrogen and oxygen atoms in total. The second kappa shape index (κ2) is 12.7. The number of nitrogens with zero attached hydrogens (tertiary/aromatic N) is 2. The predicted molar refractivity (Wildman–Crippen MR) is 120 cm³/mol. The van der Waals surface area contributed by atoms with Crippen LogP contribution in [0.25, 0.3) is 0 Å². The summed E-state index contributed by atoms with van der Waals surface area (Å²) < 4.78 is 0. The van der Waals surface area contributed by atoms with Gasteiger partial charge in [0.05, 0.1) is 12.8 Å². The van der Waals surface area contributed by atoms with Crippen molar-refractivity contribution in [3.05, 3.63) is 65.2 Å². The monoisotopic (exact) mass is 540 g/mol. The van der Waals surface area contributed by atoms with Crippen LogP contribution in [0.1, 0.15) is 56.2 Å². The fourth-order valence-electron chi connectivity index (χ4n) is 2.74. The molecule has 0 unspecified atom stereocenters. The molecule has 152 valence electrons. The van der Waals surface area contributed by atoms with Crippen molar-refractivity contribution >= 4 is 40.0 Å². The van der Waals surface area contributed by atoms with Gasteiger partial charge in [0.1, 0.15) is 0 Å². The van der Waals surface area contributed by atoms with E-state index < -0.39 is 0 Å². The second-order valence-electron chi connectivity index (χ2n) is 6.62. The van der Waals surface area contributed by atoms with Crippen LogP contribution >= 0.6 is 28.5 Å². The van der Waals surface area contributed by atoms with E-state index >= 15 is 0 Å². The number of rotatable bonds is 5. The van der Waals surface area contributed by atoms with Gasteiger partial charge in [0.15, 0.2) is 5.84 Å². The summed E-state index contributed by atoms with van der Waals surface area (Å²) in [4.78, 5) is 10.5. The third-order valence-electron chi connectivity index (χ3n) is 4.16. The van der Waals surface area contributed by atoms with E-state index in [1.54, 1.807) is 12.2 Å². The Bertz CT molecular complexity index is 695. The molecule has 0 spiro atoms. The molecule has 0 aliphatic heterocycles. The van der Waals surface area contributed by atoms with Gasteiger partial charge in [-0.05, 0) is 23.0 Å². The Kier molecular flexibility index (Phi) is 11.5. The number of hydroxylamine groups is 2. The molecule has 2 rings (SSSR count). The second-order valence-corrected chi connectivity index (χ2v) is 11.6. The molecule has 2 aromatic carbocycles. The van der Waals surface area contributed by atoms with E-state index in [9.17, 15) is 0 Å². The van der Waals surface area contributed by atoms with Gasteiger partial charge in [0.2, 0.25) is 0 Å². The summed E-state index contributed by atoms with van der Waals surface area (Å²) in [5.74, 6) is 1.63. The average molecular weight is 543 g/mol. The minimum atomic E-state index is 0.410. The minimum absolute atomic E-state index is 0.410. The summed E-state index contributed by atoms with van der Waals surface area (Å²) in [6, 6.07) is 16.6. The Balaban J connectivity index is 0.00000114. The van der Waals surface area contributed by atoms with Crippen LogP contribution in [0.5, 0.6) is 0 Å². The van der Waals surface area contributed by atoms with Crippen molar-refractivity contribution in [2.45, 2.75) is 39.5 Å². The van der Waals surface area contributed by atoms with Crippen molar-refractivity contribution in [2.75, 3.05) is 14.2 Å². The zero-order valence-electron chi connectivity index (χ0n) is 16.6. The van der Waals surface area contributed by atoms with E-state index in [0.29, 0.717) is 11.8 Å². The number of benzene rings is 2. The van der Waals surface area contributed by atoms with E-state index in [4.69, 9.17) is 9.83 Å². The van der Waals surface area contributed by atoms with E-state index in [1.807, 2.05) is 25.2 Å². The van der Waals surface area contributed by atoms with E-state index in [2.05, 4.69) is 86.5 Å². The molecule has 0 aliphatic rings. The van der Waals surface area contributed by atoms with Crippen LogP contribution in [0.2, 0.25) is 0 Å². The van der Waals surface area contributed by atoms with Crippen molar-refractivity contribution in [1.29, 1.82) is 0 Å². The van der Waals surface area contributed by atoms with Crippen LogP contribution < -0.4 is 0 Å². The molecular formula is C21H28Br2N2NiO. The molecule has 0 saturated carbocycles. The van der Waals surface area contributed by atoms with Gasteiger partial charge in [-0.3, -0.25) is 4.84 Å². The van der Waals surface area contributed by atoms with Crippen LogP contribution in [0.15, 0.2) is 53.5 Å². The van der Waals surface area contributed by atoms with E-state index in [0.717, 1.165) is 17.1 Å². The van der Waals surface area contributed by atoms with E-state index in [1.165, 1.54) is 22.0 Å². The number of halogens is 2. The molecule has 0 saturated heterocycles. The molecule has 0 amide bonds. The standard InChI is InChI=1S/C21H28N2O.2BrH.Ni/c1-15(2)18-13-10-14-19(16(3)4)20(18)22-21(23(5)24-6)17-11-8-7-9-12-17;;;/h7-16H,1-6H3;2*1H;/q;;;+2/p-2. The average Bonchev–Trinajstić information content (AvgIpc) is 2.66. The van der Waals surface area contributed by atoms with Crippen LogP contribution in [0, 0.1) is 0 Å². The Morgan fingerprint density at radius 3 is 1.81 bits per heavy atom. The molecule has 0 fully saturated rings. The topological polar surface area (TPSA) is 24.8 Å². The number of hydrogen-bond donors (Lipinski definition) is 0. The van der Waals surface area contributed by atoms with Crippen molar-refractivity contribution in [3.63, 3.8) is 0 Å². The molecule has 2 aromatic rings. The fourth-order valence-corrected chi connectivity index (χ4v) is 2.74. The number of amidine groups is 1. The molecule has 0 bridgehead atoms. The Morgan fingerprint density at radius 1 is 0.926 bits per heavy atom. The first kappa shape index (κ1) is 24.4. The zero-order chi connectivity index (χ0) is 20.4. The van der Waals surface area contributed by atoms with Crippen molar-refractivity contribution in [2.24, 2.45) is 4.99 Å². The van der Waals surface area contributed by atoms with Gasteiger partial charge in [-0.25, -0.2) is 10.1 Å². The predicted octanol–water partition coefficient (Wildman–Crippen LogP) is 7.19. The summed E-state index contributed by atoms with van der Waals surface area (Å²) in [6.45, 7) is 8.84. The number of aliphatic imine (C=N–C) groups is 1. The Hall–Kier alpha value is -0.676. The zero-order valence-corrected chi connectivity index (χ0v) is 20.8. The Labute approximate surface area is 183 Å². The number of para-hydroxylation sites is 1. The molecule has 6 heteroatoms. The molecule has 27 heavy (non-hydrogen) atoms. The van der Waals surface area contributed by atoms with Gasteiger partial charge in [0, 0.05) is 12.6 Å². The van der Waals surface area contributed by atoms with Crippen LogP contribution in [-0.2, 0) is 15.7 Å². The third kappa shape index (κ3) is 7.34. The first-order chi connectivity index (χ1) is 12.9. The van der Waals surface area contributed by atoms with Gasteiger partial charge in [0.25, 0.3) is 0 Å². The first-order valence-electron chi connectivity index (χ1n) is 8.74. The van der Waals surface area contributed by atoms with Gasteiger partial charge < -0.3 is 0 Å². The quantitative estimate of drug-likeness (QED) is 0.173. The molecule has 0 aliphatic carbocycles.